The molecule has 0 bridgehead atoms. The van der Waals surface area contributed by atoms with E-state index >= 15 is 0 Å². The summed E-state index contributed by atoms with van der Waals surface area (Å²) in [5.74, 6) is -0.260. The van der Waals surface area contributed by atoms with E-state index in [0.717, 1.165) is 10.9 Å². The summed E-state index contributed by atoms with van der Waals surface area (Å²) in [6, 6.07) is 14.9. The van der Waals surface area contributed by atoms with Gasteiger partial charge in [-0.1, -0.05) is 23.4 Å². The highest BCUT2D eigenvalue weighted by Gasteiger charge is 2.18. The number of hydrogen-bond acceptors (Lipinski definition) is 5. The van der Waals surface area contributed by atoms with Crippen LogP contribution in [-0.4, -0.2) is 11.1 Å². The van der Waals surface area contributed by atoms with Crippen molar-refractivity contribution in [2.45, 2.75) is 13.5 Å². The number of aromatic nitrogens is 1. The summed E-state index contributed by atoms with van der Waals surface area (Å²) in [7, 11) is 0. The van der Waals surface area contributed by atoms with Crippen molar-refractivity contribution in [3.05, 3.63) is 77.4 Å². The molecule has 0 fully saturated rings. The Kier molecular flexibility index (Phi) is 4.01. The second-order valence-electron chi connectivity index (χ2n) is 5.81. The molecule has 0 unspecified atom stereocenters. The lowest BCUT2D eigenvalue weighted by Crippen LogP contribution is -2.04. The van der Waals surface area contributed by atoms with Gasteiger partial charge in [0.05, 0.1) is 0 Å². The number of esters is 1. The smallest absolute Gasteiger partial charge is 0.374 e. The van der Waals surface area contributed by atoms with Gasteiger partial charge in [0.15, 0.2) is 5.76 Å². The minimum Gasteiger partial charge on any atom is -0.453 e. The Balaban J connectivity index is 1.49. The number of furan rings is 1. The van der Waals surface area contributed by atoms with Crippen molar-refractivity contribution in [2.75, 3.05) is 0 Å². The van der Waals surface area contributed by atoms with Crippen LogP contribution in [0.25, 0.3) is 22.3 Å². The lowest BCUT2D eigenvalue weighted by Gasteiger charge is -2.01. The van der Waals surface area contributed by atoms with E-state index < -0.39 is 5.97 Å². The zero-order chi connectivity index (χ0) is 18.1. The summed E-state index contributed by atoms with van der Waals surface area (Å²) in [6.07, 6.45) is 0. The normalized spacial score (nSPS) is 11.0. The number of carbonyl (C=O) groups is 1. The van der Waals surface area contributed by atoms with E-state index in [1.54, 1.807) is 31.2 Å². The van der Waals surface area contributed by atoms with Gasteiger partial charge in [0.25, 0.3) is 0 Å². The topological polar surface area (TPSA) is 65.5 Å². The Morgan fingerprint density at radius 2 is 1.92 bits per heavy atom. The zero-order valence-electron chi connectivity index (χ0n) is 13.9. The predicted octanol–water partition coefficient (Wildman–Crippen LogP) is 4.89. The molecule has 0 aliphatic rings. The molecule has 26 heavy (non-hydrogen) atoms. The highest BCUT2D eigenvalue weighted by molar-refractivity contribution is 5.92. The molecule has 0 saturated heterocycles. The number of benzene rings is 2. The molecule has 0 amide bonds. The second kappa shape index (κ2) is 6.48. The minimum atomic E-state index is -0.577. The van der Waals surface area contributed by atoms with E-state index in [0.29, 0.717) is 22.6 Å². The van der Waals surface area contributed by atoms with Gasteiger partial charge in [0, 0.05) is 16.5 Å². The number of rotatable bonds is 4. The van der Waals surface area contributed by atoms with Crippen LogP contribution in [0.4, 0.5) is 4.39 Å². The summed E-state index contributed by atoms with van der Waals surface area (Å²) in [5.41, 5.74) is 2.55. The van der Waals surface area contributed by atoms with Crippen LogP contribution < -0.4 is 0 Å². The van der Waals surface area contributed by atoms with Crippen molar-refractivity contribution < 1.29 is 22.9 Å². The van der Waals surface area contributed by atoms with E-state index in [1.165, 1.54) is 12.1 Å². The number of fused-ring (bicyclic) bond motifs is 1. The average Bonchev–Trinajstić information content (AvgIpc) is 3.24. The third kappa shape index (κ3) is 2.97. The molecule has 0 spiro atoms. The van der Waals surface area contributed by atoms with Gasteiger partial charge in [0.1, 0.15) is 23.7 Å². The van der Waals surface area contributed by atoms with E-state index in [4.69, 9.17) is 13.7 Å². The number of hydrogen-bond donors (Lipinski definition) is 0. The molecule has 0 atom stereocenters. The Hall–Kier alpha value is -3.41. The summed E-state index contributed by atoms with van der Waals surface area (Å²) < 4.78 is 29.1. The first-order chi connectivity index (χ1) is 12.6. The highest BCUT2D eigenvalue weighted by atomic mass is 19.1. The number of halogens is 1. The van der Waals surface area contributed by atoms with E-state index in [2.05, 4.69) is 5.16 Å². The van der Waals surface area contributed by atoms with Gasteiger partial charge >= 0.3 is 5.97 Å². The molecule has 0 radical (unpaired) electrons. The maximum absolute atomic E-state index is 13.0. The molecule has 2 heterocycles. The molecule has 6 heteroatoms. The van der Waals surface area contributed by atoms with Gasteiger partial charge in [-0.05, 0) is 43.3 Å². The number of ether oxygens (including phenoxy) is 1. The number of para-hydroxylation sites is 1. The van der Waals surface area contributed by atoms with Crippen molar-refractivity contribution in [1.29, 1.82) is 0 Å². The van der Waals surface area contributed by atoms with Crippen LogP contribution in [0.5, 0.6) is 0 Å². The quantitative estimate of drug-likeness (QED) is 0.490. The van der Waals surface area contributed by atoms with Crippen LogP contribution in [0.15, 0.2) is 63.5 Å². The number of nitrogens with zero attached hydrogens (tertiary/aromatic N) is 1. The second-order valence-corrected chi connectivity index (χ2v) is 5.81. The molecule has 0 aliphatic carbocycles. The van der Waals surface area contributed by atoms with Gasteiger partial charge in [0.2, 0.25) is 5.76 Å². The summed E-state index contributed by atoms with van der Waals surface area (Å²) in [4.78, 5) is 12.2. The van der Waals surface area contributed by atoms with E-state index in [-0.39, 0.29) is 18.2 Å². The average molecular weight is 351 g/mol. The van der Waals surface area contributed by atoms with Crippen LogP contribution in [0.1, 0.15) is 21.8 Å². The molecule has 4 aromatic rings. The SMILES string of the molecule is Cc1c(COC(=O)c2cc3ccccc3o2)noc1-c1ccc(F)cc1. The fourth-order valence-electron chi connectivity index (χ4n) is 2.66. The molecule has 5 nitrogen and oxygen atoms in total. The van der Waals surface area contributed by atoms with Crippen molar-refractivity contribution in [1.82, 2.24) is 5.16 Å². The van der Waals surface area contributed by atoms with E-state index in [9.17, 15) is 9.18 Å². The first-order valence-electron chi connectivity index (χ1n) is 7.98. The molecule has 0 aliphatic heterocycles. The maximum atomic E-state index is 13.0. The van der Waals surface area contributed by atoms with Gasteiger partial charge in [-0.3, -0.25) is 0 Å². The standard InChI is InChI=1S/C20H14FNO4/c1-12-16(22-26-19(12)13-6-8-15(21)9-7-13)11-24-20(23)18-10-14-4-2-3-5-17(14)25-18/h2-10H,11H2,1H3. The summed E-state index contributed by atoms with van der Waals surface area (Å²) in [6.45, 7) is 1.76. The van der Waals surface area contributed by atoms with Crippen molar-refractivity contribution in [2.24, 2.45) is 0 Å². The van der Waals surface area contributed by atoms with E-state index in [1.807, 2.05) is 18.2 Å². The monoisotopic (exact) mass is 351 g/mol. The summed E-state index contributed by atoms with van der Waals surface area (Å²) >= 11 is 0. The lowest BCUT2D eigenvalue weighted by molar-refractivity contribution is 0.0430. The molecular formula is C20H14FNO4. The third-order valence-corrected chi connectivity index (χ3v) is 4.09. The number of carbonyl (C=O) groups excluding carboxylic acids is 1. The fraction of sp³-hybridized carbons (Fsp3) is 0.100. The Morgan fingerprint density at radius 3 is 2.69 bits per heavy atom. The van der Waals surface area contributed by atoms with Crippen LogP contribution in [0.3, 0.4) is 0 Å². The van der Waals surface area contributed by atoms with Crippen LogP contribution in [0.2, 0.25) is 0 Å². The van der Waals surface area contributed by atoms with Gasteiger partial charge in [-0.15, -0.1) is 0 Å². The fourth-order valence-corrected chi connectivity index (χ4v) is 2.66. The first-order valence-corrected chi connectivity index (χ1v) is 7.98. The first kappa shape index (κ1) is 16.1. The van der Waals surface area contributed by atoms with Crippen LogP contribution >= 0.6 is 0 Å². The Morgan fingerprint density at radius 1 is 1.15 bits per heavy atom. The zero-order valence-corrected chi connectivity index (χ0v) is 13.9. The molecule has 2 aromatic heterocycles. The largest absolute Gasteiger partial charge is 0.453 e. The Bertz CT molecular complexity index is 1050. The lowest BCUT2D eigenvalue weighted by atomic mass is 10.1. The molecule has 130 valence electrons. The van der Waals surface area contributed by atoms with Gasteiger partial charge in [-0.25, -0.2) is 9.18 Å². The predicted molar refractivity (Wildman–Crippen MR) is 92.0 cm³/mol. The van der Waals surface area contributed by atoms with Crippen LogP contribution in [-0.2, 0) is 11.3 Å². The Labute approximate surface area is 148 Å². The van der Waals surface area contributed by atoms with Crippen molar-refractivity contribution in [3.8, 4) is 11.3 Å². The van der Waals surface area contributed by atoms with Crippen molar-refractivity contribution in [3.63, 3.8) is 0 Å². The maximum Gasteiger partial charge on any atom is 0.374 e. The minimum absolute atomic E-state index is 0.0492. The summed E-state index contributed by atoms with van der Waals surface area (Å²) in [5, 5.41) is 4.78. The molecule has 2 aromatic carbocycles. The van der Waals surface area contributed by atoms with Gasteiger partial charge < -0.3 is 13.7 Å². The molecule has 0 saturated carbocycles. The van der Waals surface area contributed by atoms with Crippen LogP contribution in [0, 0.1) is 12.7 Å². The highest BCUT2D eigenvalue weighted by Crippen LogP contribution is 2.26. The third-order valence-electron chi connectivity index (χ3n) is 4.09. The molecule has 4 rings (SSSR count). The van der Waals surface area contributed by atoms with Crippen molar-refractivity contribution >= 4 is 16.9 Å². The van der Waals surface area contributed by atoms with Gasteiger partial charge in [-0.2, -0.15) is 0 Å². The molecular weight excluding hydrogens is 337 g/mol. The molecule has 0 N–H and O–H groups in total.